The summed E-state index contributed by atoms with van der Waals surface area (Å²) in [6.07, 6.45) is 5.43. The van der Waals surface area contributed by atoms with Crippen LogP contribution in [0.3, 0.4) is 0 Å². The van der Waals surface area contributed by atoms with Gasteiger partial charge in [0.1, 0.15) is 5.01 Å². The SMILES string of the molecule is c1sc(CN2CCCC2)nc1CNC1CC1. The van der Waals surface area contributed by atoms with Crippen molar-refractivity contribution in [1.82, 2.24) is 15.2 Å². The van der Waals surface area contributed by atoms with Crippen molar-refractivity contribution in [3.63, 3.8) is 0 Å². The van der Waals surface area contributed by atoms with Crippen molar-refractivity contribution in [3.05, 3.63) is 16.1 Å². The van der Waals surface area contributed by atoms with Gasteiger partial charge in [-0.05, 0) is 38.8 Å². The minimum atomic E-state index is 0.781. The van der Waals surface area contributed by atoms with Gasteiger partial charge in [0, 0.05) is 18.0 Å². The molecule has 2 aliphatic rings. The first-order valence-corrected chi connectivity index (χ1v) is 7.17. The van der Waals surface area contributed by atoms with E-state index in [9.17, 15) is 0 Å². The molecule has 0 radical (unpaired) electrons. The van der Waals surface area contributed by atoms with Gasteiger partial charge in [-0.15, -0.1) is 11.3 Å². The third-order valence-electron chi connectivity index (χ3n) is 3.31. The van der Waals surface area contributed by atoms with Gasteiger partial charge in [0.25, 0.3) is 0 Å². The number of nitrogens with one attached hydrogen (secondary N) is 1. The lowest BCUT2D eigenvalue weighted by Gasteiger charge is -2.11. The Morgan fingerprint density at radius 2 is 2.19 bits per heavy atom. The molecule has 1 aliphatic heterocycles. The van der Waals surface area contributed by atoms with E-state index in [0.29, 0.717) is 0 Å². The Labute approximate surface area is 101 Å². The van der Waals surface area contributed by atoms with Gasteiger partial charge in [-0.3, -0.25) is 4.90 Å². The van der Waals surface area contributed by atoms with Crippen LogP contribution >= 0.6 is 11.3 Å². The topological polar surface area (TPSA) is 28.2 Å². The Bertz CT molecular complexity index is 340. The molecule has 2 fully saturated rings. The number of hydrogen-bond acceptors (Lipinski definition) is 4. The van der Waals surface area contributed by atoms with Gasteiger partial charge in [-0.1, -0.05) is 0 Å². The zero-order valence-electron chi connectivity index (χ0n) is 9.61. The molecule has 1 aromatic heterocycles. The fraction of sp³-hybridized carbons (Fsp3) is 0.750. The second-order valence-corrected chi connectivity index (χ2v) is 5.81. The molecule has 1 aliphatic carbocycles. The van der Waals surface area contributed by atoms with E-state index in [1.54, 1.807) is 0 Å². The molecule has 0 spiro atoms. The first-order valence-electron chi connectivity index (χ1n) is 6.29. The number of rotatable bonds is 5. The molecule has 88 valence electrons. The van der Waals surface area contributed by atoms with E-state index in [2.05, 4.69) is 20.6 Å². The van der Waals surface area contributed by atoms with Gasteiger partial charge in [-0.25, -0.2) is 4.98 Å². The summed E-state index contributed by atoms with van der Waals surface area (Å²) in [5.74, 6) is 0. The van der Waals surface area contributed by atoms with Crippen LogP contribution in [0.5, 0.6) is 0 Å². The Morgan fingerprint density at radius 1 is 1.38 bits per heavy atom. The molecule has 0 unspecified atom stereocenters. The molecule has 0 amide bonds. The molecule has 1 saturated heterocycles. The average molecular weight is 237 g/mol. The molecule has 2 heterocycles. The minimum Gasteiger partial charge on any atom is -0.308 e. The van der Waals surface area contributed by atoms with E-state index in [0.717, 1.165) is 19.1 Å². The maximum absolute atomic E-state index is 4.69. The Kier molecular flexibility index (Phi) is 3.22. The molecule has 1 aromatic rings. The van der Waals surface area contributed by atoms with Crippen molar-refractivity contribution in [3.8, 4) is 0 Å². The molecule has 3 nitrogen and oxygen atoms in total. The van der Waals surface area contributed by atoms with E-state index < -0.39 is 0 Å². The molecule has 16 heavy (non-hydrogen) atoms. The fourth-order valence-electron chi connectivity index (χ4n) is 2.17. The Balaban J connectivity index is 1.50. The maximum atomic E-state index is 4.69. The van der Waals surface area contributed by atoms with Crippen LogP contribution in [0.2, 0.25) is 0 Å². The van der Waals surface area contributed by atoms with Crippen LogP contribution in [0.1, 0.15) is 36.4 Å². The highest BCUT2D eigenvalue weighted by Crippen LogP contribution is 2.20. The van der Waals surface area contributed by atoms with E-state index >= 15 is 0 Å². The van der Waals surface area contributed by atoms with Gasteiger partial charge in [0.05, 0.1) is 12.2 Å². The minimum absolute atomic E-state index is 0.781. The summed E-state index contributed by atoms with van der Waals surface area (Å²) in [6.45, 7) is 4.54. The van der Waals surface area contributed by atoms with Gasteiger partial charge >= 0.3 is 0 Å². The van der Waals surface area contributed by atoms with Crippen LogP contribution in [-0.2, 0) is 13.1 Å². The largest absolute Gasteiger partial charge is 0.308 e. The van der Waals surface area contributed by atoms with Crippen LogP contribution in [0.4, 0.5) is 0 Å². The van der Waals surface area contributed by atoms with E-state index in [-0.39, 0.29) is 0 Å². The summed E-state index contributed by atoms with van der Waals surface area (Å²) < 4.78 is 0. The molecule has 1 saturated carbocycles. The molecule has 3 rings (SSSR count). The summed E-state index contributed by atoms with van der Waals surface area (Å²) in [5, 5.41) is 7.01. The van der Waals surface area contributed by atoms with Crippen molar-refractivity contribution in [2.45, 2.75) is 44.8 Å². The zero-order chi connectivity index (χ0) is 10.8. The second kappa shape index (κ2) is 4.82. The standard InChI is InChI=1S/C12H19N3S/c1-2-6-15(5-1)8-12-14-11(9-16-12)7-13-10-3-4-10/h9-10,13H,1-8H2. The quantitative estimate of drug-likeness (QED) is 0.849. The highest BCUT2D eigenvalue weighted by molar-refractivity contribution is 7.09. The van der Waals surface area contributed by atoms with Crippen LogP contribution in [0.25, 0.3) is 0 Å². The van der Waals surface area contributed by atoms with Crippen molar-refractivity contribution < 1.29 is 0 Å². The van der Waals surface area contributed by atoms with E-state index in [4.69, 9.17) is 0 Å². The van der Waals surface area contributed by atoms with Crippen molar-refractivity contribution in [1.29, 1.82) is 0 Å². The first kappa shape index (κ1) is 10.7. The van der Waals surface area contributed by atoms with Crippen LogP contribution in [0, 0.1) is 0 Å². The van der Waals surface area contributed by atoms with Crippen molar-refractivity contribution >= 4 is 11.3 Å². The van der Waals surface area contributed by atoms with E-state index in [1.807, 2.05) is 11.3 Å². The molecular formula is C12H19N3S. The highest BCUT2D eigenvalue weighted by atomic mass is 32.1. The summed E-state index contributed by atoms with van der Waals surface area (Å²) in [6, 6.07) is 0.781. The Hall–Kier alpha value is -0.450. The van der Waals surface area contributed by atoms with Gasteiger partial charge in [0.2, 0.25) is 0 Å². The summed E-state index contributed by atoms with van der Waals surface area (Å²) >= 11 is 1.82. The maximum Gasteiger partial charge on any atom is 0.107 e. The third kappa shape index (κ3) is 2.81. The first-order chi connectivity index (χ1) is 7.90. The molecular weight excluding hydrogens is 218 g/mol. The second-order valence-electron chi connectivity index (χ2n) is 4.87. The third-order valence-corrected chi connectivity index (χ3v) is 4.19. The number of nitrogens with zero attached hydrogens (tertiary/aromatic N) is 2. The van der Waals surface area contributed by atoms with E-state index in [1.165, 1.54) is 49.5 Å². The zero-order valence-corrected chi connectivity index (χ0v) is 10.4. The predicted octanol–water partition coefficient (Wildman–Crippen LogP) is 1.99. The predicted molar refractivity (Wildman–Crippen MR) is 66.5 cm³/mol. The van der Waals surface area contributed by atoms with Crippen LogP contribution in [0.15, 0.2) is 5.38 Å². The molecule has 1 N–H and O–H groups in total. The van der Waals surface area contributed by atoms with Gasteiger partial charge in [0.15, 0.2) is 0 Å². The normalized spacial score (nSPS) is 21.8. The lowest BCUT2D eigenvalue weighted by Crippen LogP contribution is -2.18. The van der Waals surface area contributed by atoms with Crippen molar-refractivity contribution in [2.75, 3.05) is 13.1 Å². The summed E-state index contributed by atoms with van der Waals surface area (Å²) in [4.78, 5) is 7.20. The smallest absolute Gasteiger partial charge is 0.107 e. The number of hydrogen-bond donors (Lipinski definition) is 1. The number of aromatic nitrogens is 1. The lowest BCUT2D eigenvalue weighted by molar-refractivity contribution is 0.330. The summed E-state index contributed by atoms with van der Waals surface area (Å²) in [5.41, 5.74) is 1.23. The Morgan fingerprint density at radius 3 is 2.94 bits per heavy atom. The monoisotopic (exact) mass is 237 g/mol. The molecule has 0 aromatic carbocycles. The van der Waals surface area contributed by atoms with Crippen LogP contribution in [-0.4, -0.2) is 29.0 Å². The molecule has 0 atom stereocenters. The average Bonchev–Trinajstić information content (AvgIpc) is 2.78. The molecule has 0 bridgehead atoms. The summed E-state index contributed by atoms with van der Waals surface area (Å²) in [7, 11) is 0. The fourth-order valence-corrected chi connectivity index (χ4v) is 3.01. The highest BCUT2D eigenvalue weighted by Gasteiger charge is 2.20. The van der Waals surface area contributed by atoms with Crippen LogP contribution < -0.4 is 5.32 Å². The van der Waals surface area contributed by atoms with Gasteiger partial charge < -0.3 is 5.32 Å². The van der Waals surface area contributed by atoms with Crippen molar-refractivity contribution in [2.24, 2.45) is 0 Å². The number of thiazole rings is 1. The van der Waals surface area contributed by atoms with Gasteiger partial charge in [-0.2, -0.15) is 0 Å². The number of likely N-dealkylation sites (tertiary alicyclic amines) is 1. The lowest BCUT2D eigenvalue weighted by atomic mass is 10.4. The molecule has 4 heteroatoms.